The molecule has 0 fully saturated rings. The molecule has 0 radical (unpaired) electrons. The van der Waals surface area contributed by atoms with Gasteiger partial charge in [-0.25, -0.2) is 4.79 Å². The van der Waals surface area contributed by atoms with E-state index in [4.69, 9.17) is 4.74 Å². The molecule has 26 heavy (non-hydrogen) atoms. The summed E-state index contributed by atoms with van der Waals surface area (Å²) in [6, 6.07) is 13.3. The maximum absolute atomic E-state index is 12.3. The lowest BCUT2D eigenvalue weighted by molar-refractivity contribution is -0.133. The second-order valence-electron chi connectivity index (χ2n) is 6.70. The van der Waals surface area contributed by atoms with E-state index in [1.54, 1.807) is 30.1 Å². The molecule has 2 aromatic rings. The molecule has 138 valence electrons. The van der Waals surface area contributed by atoms with Crippen molar-refractivity contribution in [3.05, 3.63) is 64.7 Å². The van der Waals surface area contributed by atoms with Gasteiger partial charge in [0.05, 0.1) is 5.56 Å². The summed E-state index contributed by atoms with van der Waals surface area (Å²) < 4.78 is 5.18. The summed E-state index contributed by atoms with van der Waals surface area (Å²) in [6.45, 7) is 4.28. The molecule has 0 saturated carbocycles. The number of carbonyl (C=O) groups is 2. The van der Waals surface area contributed by atoms with E-state index in [9.17, 15) is 9.59 Å². The second kappa shape index (κ2) is 8.52. The number of carbonyl (C=O) groups excluding carboxylic acids is 2. The molecule has 0 aromatic heterocycles. The van der Waals surface area contributed by atoms with E-state index in [2.05, 4.69) is 6.07 Å². The van der Waals surface area contributed by atoms with Crippen LogP contribution in [0.4, 0.5) is 5.69 Å². The van der Waals surface area contributed by atoms with Crippen LogP contribution in [0.15, 0.2) is 42.5 Å². The van der Waals surface area contributed by atoms with Gasteiger partial charge in [0.2, 0.25) is 0 Å². The molecule has 0 N–H and O–H groups in total. The van der Waals surface area contributed by atoms with Gasteiger partial charge in [0.1, 0.15) is 0 Å². The first-order valence-electron chi connectivity index (χ1n) is 8.52. The zero-order valence-corrected chi connectivity index (χ0v) is 16.1. The number of anilines is 1. The lowest BCUT2D eigenvalue weighted by Gasteiger charge is -2.19. The number of amides is 1. The lowest BCUT2D eigenvalue weighted by atomic mass is 10.1. The molecule has 0 unspecified atom stereocenters. The quantitative estimate of drug-likeness (QED) is 0.748. The summed E-state index contributed by atoms with van der Waals surface area (Å²) in [6.07, 6.45) is 0. The molecule has 0 aliphatic rings. The van der Waals surface area contributed by atoms with Crippen LogP contribution in [0, 0.1) is 13.8 Å². The van der Waals surface area contributed by atoms with Crippen LogP contribution in [0.1, 0.15) is 27.0 Å². The average Bonchev–Trinajstić information content (AvgIpc) is 2.61. The van der Waals surface area contributed by atoms with Crippen molar-refractivity contribution in [1.29, 1.82) is 0 Å². The number of hydrogen-bond acceptors (Lipinski definition) is 4. The fourth-order valence-electron chi connectivity index (χ4n) is 2.60. The third-order valence-corrected chi connectivity index (χ3v) is 4.26. The second-order valence-corrected chi connectivity index (χ2v) is 6.70. The molecule has 0 aliphatic carbocycles. The number of nitrogens with zero attached hydrogens (tertiary/aromatic N) is 2. The SMILES string of the molecule is Cc1ccc(CN(C)C(=O)COC(=O)c2cccc(N(C)C)c2)c(C)c1. The van der Waals surface area contributed by atoms with Crippen LogP contribution in [0.2, 0.25) is 0 Å². The van der Waals surface area contributed by atoms with E-state index in [-0.39, 0.29) is 12.5 Å². The summed E-state index contributed by atoms with van der Waals surface area (Å²) in [5.74, 6) is -0.732. The molecular formula is C21H26N2O3. The van der Waals surface area contributed by atoms with Crippen molar-refractivity contribution in [2.75, 3.05) is 32.6 Å². The van der Waals surface area contributed by atoms with Gasteiger partial charge in [-0.15, -0.1) is 0 Å². The predicted octanol–water partition coefficient (Wildman–Crippen LogP) is 3.18. The van der Waals surface area contributed by atoms with Crippen molar-refractivity contribution in [3.63, 3.8) is 0 Å². The fraction of sp³-hybridized carbons (Fsp3) is 0.333. The van der Waals surface area contributed by atoms with Crippen LogP contribution >= 0.6 is 0 Å². The topological polar surface area (TPSA) is 49.9 Å². The van der Waals surface area contributed by atoms with Gasteiger partial charge in [-0.2, -0.15) is 0 Å². The average molecular weight is 354 g/mol. The van der Waals surface area contributed by atoms with Crippen molar-refractivity contribution < 1.29 is 14.3 Å². The number of aryl methyl sites for hydroxylation is 2. The number of ether oxygens (including phenoxy) is 1. The number of hydrogen-bond donors (Lipinski definition) is 0. The fourth-order valence-corrected chi connectivity index (χ4v) is 2.60. The van der Waals surface area contributed by atoms with Crippen LogP contribution in [-0.2, 0) is 16.1 Å². The Labute approximate surface area is 155 Å². The van der Waals surface area contributed by atoms with Crippen LogP contribution in [0.3, 0.4) is 0 Å². The van der Waals surface area contributed by atoms with Gasteiger partial charge >= 0.3 is 5.97 Å². The minimum atomic E-state index is -0.498. The molecule has 5 nitrogen and oxygen atoms in total. The molecule has 1 amide bonds. The van der Waals surface area contributed by atoms with Gasteiger partial charge in [0, 0.05) is 33.4 Å². The zero-order valence-electron chi connectivity index (χ0n) is 16.1. The predicted molar refractivity (Wildman–Crippen MR) is 103 cm³/mol. The largest absolute Gasteiger partial charge is 0.452 e. The Morgan fingerprint density at radius 3 is 2.38 bits per heavy atom. The highest BCUT2D eigenvalue weighted by atomic mass is 16.5. The normalized spacial score (nSPS) is 10.3. The smallest absolute Gasteiger partial charge is 0.338 e. The minimum Gasteiger partial charge on any atom is -0.452 e. The standard InChI is InChI=1S/C21H26N2O3/c1-15-9-10-18(16(2)11-15)13-23(5)20(24)14-26-21(25)17-7-6-8-19(12-17)22(3)4/h6-12H,13-14H2,1-5H3. The molecule has 5 heteroatoms. The Bertz CT molecular complexity index is 800. The first-order chi connectivity index (χ1) is 12.3. The van der Waals surface area contributed by atoms with Crippen LogP contribution in [0.25, 0.3) is 0 Å². The minimum absolute atomic E-state index is 0.234. The monoisotopic (exact) mass is 354 g/mol. The molecular weight excluding hydrogens is 328 g/mol. The number of likely N-dealkylation sites (N-methyl/N-ethyl adjacent to an activating group) is 1. The Hall–Kier alpha value is -2.82. The van der Waals surface area contributed by atoms with Gasteiger partial charge in [-0.05, 0) is 43.2 Å². The number of esters is 1. The molecule has 2 rings (SSSR count). The Kier molecular flexibility index (Phi) is 6.39. The van der Waals surface area contributed by atoms with Crippen LogP contribution in [-0.4, -0.2) is 44.5 Å². The first-order valence-corrected chi connectivity index (χ1v) is 8.52. The van der Waals surface area contributed by atoms with Gasteiger partial charge in [-0.1, -0.05) is 29.8 Å². The first kappa shape index (κ1) is 19.5. The van der Waals surface area contributed by atoms with E-state index in [0.29, 0.717) is 12.1 Å². The van der Waals surface area contributed by atoms with Crippen molar-refractivity contribution in [1.82, 2.24) is 4.90 Å². The molecule has 0 bridgehead atoms. The molecule has 0 aliphatic heterocycles. The molecule has 0 saturated heterocycles. The third kappa shape index (κ3) is 5.09. The Morgan fingerprint density at radius 2 is 1.73 bits per heavy atom. The zero-order chi connectivity index (χ0) is 19.3. The summed E-state index contributed by atoms with van der Waals surface area (Å²) in [7, 11) is 5.51. The lowest BCUT2D eigenvalue weighted by Crippen LogP contribution is -2.31. The molecule has 2 aromatic carbocycles. The van der Waals surface area contributed by atoms with E-state index < -0.39 is 5.97 Å². The molecule has 0 heterocycles. The number of benzene rings is 2. The van der Waals surface area contributed by atoms with Gasteiger partial charge in [0.25, 0.3) is 5.91 Å². The summed E-state index contributed by atoms with van der Waals surface area (Å²) in [4.78, 5) is 27.9. The summed E-state index contributed by atoms with van der Waals surface area (Å²) >= 11 is 0. The summed E-state index contributed by atoms with van der Waals surface area (Å²) in [5, 5.41) is 0. The van der Waals surface area contributed by atoms with E-state index in [1.807, 2.05) is 51.0 Å². The third-order valence-electron chi connectivity index (χ3n) is 4.26. The summed E-state index contributed by atoms with van der Waals surface area (Å²) in [5.41, 5.74) is 4.74. The van der Waals surface area contributed by atoms with Gasteiger partial charge in [-0.3, -0.25) is 4.79 Å². The van der Waals surface area contributed by atoms with E-state index in [0.717, 1.165) is 16.8 Å². The maximum Gasteiger partial charge on any atom is 0.338 e. The van der Waals surface area contributed by atoms with Crippen LogP contribution in [0.5, 0.6) is 0 Å². The number of rotatable bonds is 6. The van der Waals surface area contributed by atoms with Crippen LogP contribution < -0.4 is 4.90 Å². The van der Waals surface area contributed by atoms with Gasteiger partial charge in [0.15, 0.2) is 6.61 Å². The van der Waals surface area contributed by atoms with Gasteiger partial charge < -0.3 is 14.5 Å². The Balaban J connectivity index is 1.93. The van der Waals surface area contributed by atoms with Crippen molar-refractivity contribution in [2.24, 2.45) is 0 Å². The molecule has 0 atom stereocenters. The Morgan fingerprint density at radius 1 is 1.00 bits per heavy atom. The highest BCUT2D eigenvalue weighted by Crippen LogP contribution is 2.15. The molecule has 0 spiro atoms. The van der Waals surface area contributed by atoms with E-state index in [1.165, 1.54) is 5.56 Å². The van der Waals surface area contributed by atoms with Crippen molar-refractivity contribution in [2.45, 2.75) is 20.4 Å². The van der Waals surface area contributed by atoms with E-state index >= 15 is 0 Å². The van der Waals surface area contributed by atoms with Crippen molar-refractivity contribution >= 4 is 17.6 Å². The maximum atomic E-state index is 12.3. The van der Waals surface area contributed by atoms with Crippen molar-refractivity contribution in [3.8, 4) is 0 Å². The highest BCUT2D eigenvalue weighted by Gasteiger charge is 2.15. The highest BCUT2D eigenvalue weighted by molar-refractivity contribution is 5.92.